The van der Waals surface area contributed by atoms with Crippen LogP contribution in [0.3, 0.4) is 0 Å². The van der Waals surface area contributed by atoms with E-state index in [2.05, 4.69) is 11.9 Å². The third-order valence-electron chi connectivity index (χ3n) is 2.15. The van der Waals surface area contributed by atoms with Crippen molar-refractivity contribution in [2.45, 2.75) is 32.6 Å². The molecule has 0 saturated heterocycles. The van der Waals surface area contributed by atoms with E-state index in [9.17, 15) is 4.79 Å². The number of hydrogen-bond donors (Lipinski definition) is 1. The van der Waals surface area contributed by atoms with Gasteiger partial charge in [0.05, 0.1) is 0 Å². The van der Waals surface area contributed by atoms with E-state index >= 15 is 0 Å². The summed E-state index contributed by atoms with van der Waals surface area (Å²) in [6, 6.07) is 0. The molecule has 0 spiro atoms. The fourth-order valence-corrected chi connectivity index (χ4v) is 1.45. The average molecular weight is 179 g/mol. The molecule has 0 radical (unpaired) electrons. The third kappa shape index (κ3) is 3.92. The van der Waals surface area contributed by atoms with Crippen LogP contribution in [0.5, 0.6) is 0 Å². The van der Waals surface area contributed by atoms with Crippen molar-refractivity contribution < 1.29 is 4.79 Å². The van der Waals surface area contributed by atoms with Crippen LogP contribution in [0.2, 0.25) is 0 Å². The van der Waals surface area contributed by atoms with Crippen molar-refractivity contribution in [2.24, 2.45) is 0 Å². The summed E-state index contributed by atoms with van der Waals surface area (Å²) in [5.41, 5.74) is 2.28. The van der Waals surface area contributed by atoms with Gasteiger partial charge in [-0.1, -0.05) is 17.7 Å². The fourth-order valence-electron chi connectivity index (χ4n) is 1.45. The molecular weight excluding hydrogens is 162 g/mol. The second kappa shape index (κ2) is 4.85. The van der Waals surface area contributed by atoms with Gasteiger partial charge in [0.1, 0.15) is 0 Å². The Balaban J connectivity index is 2.31. The molecule has 2 nitrogen and oxygen atoms in total. The molecule has 0 aromatic carbocycles. The lowest BCUT2D eigenvalue weighted by Gasteiger charge is -2.01. The van der Waals surface area contributed by atoms with Crippen molar-refractivity contribution >= 4 is 5.91 Å². The minimum atomic E-state index is 0.0277. The van der Waals surface area contributed by atoms with Gasteiger partial charge in [0.15, 0.2) is 0 Å². The summed E-state index contributed by atoms with van der Waals surface area (Å²) in [5.74, 6) is 0.0277. The van der Waals surface area contributed by atoms with Crippen LogP contribution in [-0.2, 0) is 4.79 Å². The predicted molar refractivity (Wildman–Crippen MR) is 54.4 cm³/mol. The van der Waals surface area contributed by atoms with Crippen LogP contribution in [0.15, 0.2) is 23.8 Å². The number of carbonyl (C=O) groups is 1. The summed E-state index contributed by atoms with van der Waals surface area (Å²) in [7, 11) is 0. The van der Waals surface area contributed by atoms with Gasteiger partial charge in [-0.3, -0.25) is 4.79 Å². The molecule has 1 N–H and O–H groups in total. The van der Waals surface area contributed by atoms with Crippen molar-refractivity contribution in [3.8, 4) is 0 Å². The van der Waals surface area contributed by atoms with Crippen LogP contribution in [0.25, 0.3) is 0 Å². The molecule has 0 heterocycles. The Morgan fingerprint density at radius 1 is 1.54 bits per heavy atom. The van der Waals surface area contributed by atoms with Gasteiger partial charge >= 0.3 is 0 Å². The molecule has 1 aliphatic rings. The van der Waals surface area contributed by atoms with Crippen molar-refractivity contribution in [2.75, 3.05) is 6.54 Å². The molecule has 0 aromatic rings. The molecule has 1 aliphatic carbocycles. The number of rotatable bonds is 3. The topological polar surface area (TPSA) is 29.1 Å². The van der Waals surface area contributed by atoms with Crippen LogP contribution in [0.1, 0.15) is 32.6 Å². The van der Waals surface area contributed by atoms with E-state index in [1.807, 2.05) is 6.92 Å². The SMILES string of the molecule is C=C(C)CNC(=O)C=C1CCCC1. The highest BCUT2D eigenvalue weighted by Crippen LogP contribution is 2.23. The number of nitrogens with one attached hydrogen (secondary N) is 1. The summed E-state index contributed by atoms with van der Waals surface area (Å²) < 4.78 is 0. The minimum absolute atomic E-state index is 0.0277. The maximum absolute atomic E-state index is 11.3. The molecule has 1 fully saturated rings. The first-order valence-electron chi connectivity index (χ1n) is 4.80. The van der Waals surface area contributed by atoms with Gasteiger partial charge in [-0.25, -0.2) is 0 Å². The molecule has 72 valence electrons. The lowest BCUT2D eigenvalue weighted by molar-refractivity contribution is -0.116. The fraction of sp³-hybridized carbons (Fsp3) is 0.545. The van der Waals surface area contributed by atoms with Crippen LogP contribution >= 0.6 is 0 Å². The minimum Gasteiger partial charge on any atom is -0.349 e. The van der Waals surface area contributed by atoms with E-state index in [4.69, 9.17) is 0 Å². The number of amides is 1. The van der Waals surface area contributed by atoms with Gasteiger partial charge in [0.2, 0.25) is 5.91 Å². The largest absolute Gasteiger partial charge is 0.349 e. The van der Waals surface area contributed by atoms with Gasteiger partial charge in [-0.05, 0) is 32.6 Å². The van der Waals surface area contributed by atoms with E-state index in [-0.39, 0.29) is 5.91 Å². The predicted octanol–water partition coefficient (Wildman–Crippen LogP) is 2.18. The first-order valence-corrected chi connectivity index (χ1v) is 4.80. The highest BCUT2D eigenvalue weighted by atomic mass is 16.1. The molecule has 13 heavy (non-hydrogen) atoms. The quantitative estimate of drug-likeness (QED) is 0.522. The Kier molecular flexibility index (Phi) is 3.74. The summed E-state index contributed by atoms with van der Waals surface area (Å²) in [6.45, 7) is 6.22. The zero-order valence-corrected chi connectivity index (χ0v) is 8.23. The Bertz CT molecular complexity index is 232. The molecule has 1 amide bonds. The highest BCUT2D eigenvalue weighted by molar-refractivity contribution is 5.88. The second-order valence-corrected chi connectivity index (χ2v) is 3.68. The highest BCUT2D eigenvalue weighted by Gasteiger charge is 2.07. The monoisotopic (exact) mass is 179 g/mol. The van der Waals surface area contributed by atoms with Crippen LogP contribution < -0.4 is 5.32 Å². The zero-order chi connectivity index (χ0) is 9.68. The molecular formula is C11H17NO. The smallest absolute Gasteiger partial charge is 0.244 e. The first kappa shape index (κ1) is 10.0. The van der Waals surface area contributed by atoms with E-state index in [1.165, 1.54) is 18.4 Å². The van der Waals surface area contributed by atoms with Gasteiger partial charge in [0, 0.05) is 12.6 Å². The summed E-state index contributed by atoms with van der Waals surface area (Å²) >= 11 is 0. The molecule has 0 bridgehead atoms. The third-order valence-corrected chi connectivity index (χ3v) is 2.15. The van der Waals surface area contributed by atoms with Crippen molar-refractivity contribution in [3.63, 3.8) is 0 Å². The number of carbonyl (C=O) groups excluding carboxylic acids is 1. The molecule has 1 saturated carbocycles. The first-order chi connectivity index (χ1) is 6.18. The zero-order valence-electron chi connectivity index (χ0n) is 8.23. The van der Waals surface area contributed by atoms with Gasteiger partial charge < -0.3 is 5.32 Å². The lowest BCUT2D eigenvalue weighted by atomic mass is 10.2. The van der Waals surface area contributed by atoms with E-state index in [0.717, 1.165) is 18.4 Å². The summed E-state index contributed by atoms with van der Waals surface area (Å²) in [5, 5.41) is 2.79. The second-order valence-electron chi connectivity index (χ2n) is 3.68. The van der Waals surface area contributed by atoms with Crippen molar-refractivity contribution in [1.82, 2.24) is 5.32 Å². The molecule has 0 unspecified atom stereocenters. The van der Waals surface area contributed by atoms with E-state index in [1.54, 1.807) is 6.08 Å². The van der Waals surface area contributed by atoms with Crippen LogP contribution in [0, 0.1) is 0 Å². The van der Waals surface area contributed by atoms with Gasteiger partial charge in [-0.2, -0.15) is 0 Å². The Morgan fingerprint density at radius 2 is 2.15 bits per heavy atom. The Labute approximate surface area is 79.7 Å². The standard InChI is InChI=1S/C11H17NO/c1-9(2)8-12-11(13)7-10-5-3-4-6-10/h7H,1,3-6,8H2,2H3,(H,12,13). The van der Waals surface area contributed by atoms with Gasteiger partial charge in [0.25, 0.3) is 0 Å². The Hall–Kier alpha value is -1.05. The summed E-state index contributed by atoms with van der Waals surface area (Å²) in [6.07, 6.45) is 6.41. The number of hydrogen-bond acceptors (Lipinski definition) is 1. The maximum atomic E-state index is 11.3. The van der Waals surface area contributed by atoms with Crippen LogP contribution in [-0.4, -0.2) is 12.5 Å². The van der Waals surface area contributed by atoms with E-state index in [0.29, 0.717) is 6.54 Å². The van der Waals surface area contributed by atoms with Crippen LogP contribution in [0.4, 0.5) is 0 Å². The molecule has 2 heteroatoms. The number of allylic oxidation sites excluding steroid dienone is 1. The summed E-state index contributed by atoms with van der Waals surface area (Å²) in [4.78, 5) is 11.3. The van der Waals surface area contributed by atoms with Gasteiger partial charge in [-0.15, -0.1) is 0 Å². The lowest BCUT2D eigenvalue weighted by Crippen LogP contribution is -2.22. The average Bonchev–Trinajstić information content (AvgIpc) is 2.53. The maximum Gasteiger partial charge on any atom is 0.244 e. The normalized spacial score (nSPS) is 15.6. The van der Waals surface area contributed by atoms with Crippen molar-refractivity contribution in [1.29, 1.82) is 0 Å². The molecule has 1 rings (SSSR count). The molecule has 0 aromatic heterocycles. The van der Waals surface area contributed by atoms with E-state index < -0.39 is 0 Å². The Morgan fingerprint density at radius 3 is 2.69 bits per heavy atom. The van der Waals surface area contributed by atoms with Crippen molar-refractivity contribution in [3.05, 3.63) is 23.8 Å². The molecule has 0 atom stereocenters. The molecule has 0 aliphatic heterocycles.